The first-order chi connectivity index (χ1) is 13.0. The lowest BCUT2D eigenvalue weighted by molar-refractivity contribution is -0.124. The summed E-state index contributed by atoms with van der Waals surface area (Å²) < 4.78 is 5.16. The number of benzene rings is 2. The van der Waals surface area contributed by atoms with Crippen LogP contribution >= 0.6 is 11.3 Å². The Morgan fingerprint density at radius 3 is 2.48 bits per heavy atom. The summed E-state index contributed by atoms with van der Waals surface area (Å²) >= 11 is 1.27. The van der Waals surface area contributed by atoms with Crippen molar-refractivity contribution >= 4 is 23.2 Å². The van der Waals surface area contributed by atoms with Crippen molar-refractivity contribution in [3.05, 3.63) is 76.3 Å². The number of carbonyl (C=O) groups excluding carboxylic acids is 2. The third kappa shape index (κ3) is 4.80. The van der Waals surface area contributed by atoms with Gasteiger partial charge in [0.05, 0.1) is 5.69 Å². The standard InChI is InChI=1S/C21H20N2O3S/c1-14-8-6-7-11-17(14)12-22-18(24)13-26-21(25)19-15(2)23-20(27-19)16-9-4-3-5-10-16/h3-11H,12-13H2,1-2H3,(H,22,24). The largest absolute Gasteiger partial charge is 0.451 e. The number of amides is 1. The lowest BCUT2D eigenvalue weighted by atomic mass is 10.1. The Hall–Kier alpha value is -2.99. The number of carbonyl (C=O) groups is 2. The van der Waals surface area contributed by atoms with Crippen molar-refractivity contribution < 1.29 is 14.3 Å². The van der Waals surface area contributed by atoms with Gasteiger partial charge in [0, 0.05) is 12.1 Å². The van der Waals surface area contributed by atoms with Crippen LogP contribution in [0.5, 0.6) is 0 Å². The Morgan fingerprint density at radius 2 is 1.74 bits per heavy atom. The van der Waals surface area contributed by atoms with E-state index in [1.54, 1.807) is 6.92 Å². The van der Waals surface area contributed by atoms with Crippen molar-refractivity contribution in [2.75, 3.05) is 6.61 Å². The second kappa shape index (κ2) is 8.60. The molecule has 0 unspecified atom stereocenters. The van der Waals surface area contributed by atoms with Crippen molar-refractivity contribution in [1.29, 1.82) is 0 Å². The minimum absolute atomic E-state index is 0.317. The molecule has 0 saturated carbocycles. The van der Waals surface area contributed by atoms with Crippen molar-refractivity contribution in [3.63, 3.8) is 0 Å². The first-order valence-electron chi connectivity index (χ1n) is 8.56. The fourth-order valence-electron chi connectivity index (χ4n) is 2.54. The number of aryl methyl sites for hydroxylation is 2. The van der Waals surface area contributed by atoms with E-state index in [9.17, 15) is 9.59 Å². The Labute approximate surface area is 162 Å². The molecule has 0 aliphatic carbocycles. The Kier molecular flexibility index (Phi) is 5.98. The molecule has 0 bridgehead atoms. The van der Waals surface area contributed by atoms with E-state index in [1.807, 2.05) is 61.5 Å². The second-order valence-corrected chi connectivity index (χ2v) is 7.08. The topological polar surface area (TPSA) is 68.3 Å². The molecule has 0 aliphatic heterocycles. The number of rotatable bonds is 6. The number of aromatic nitrogens is 1. The summed E-state index contributed by atoms with van der Waals surface area (Å²) in [4.78, 5) is 29.1. The summed E-state index contributed by atoms with van der Waals surface area (Å²) in [5.41, 5.74) is 3.68. The van der Waals surface area contributed by atoms with Gasteiger partial charge in [-0.3, -0.25) is 4.79 Å². The van der Waals surface area contributed by atoms with Crippen LogP contribution in [0, 0.1) is 13.8 Å². The molecule has 0 spiro atoms. The van der Waals surface area contributed by atoms with Crippen molar-refractivity contribution in [2.45, 2.75) is 20.4 Å². The van der Waals surface area contributed by atoms with Crippen LogP contribution in [0.25, 0.3) is 10.6 Å². The molecular weight excluding hydrogens is 360 g/mol. The van der Waals surface area contributed by atoms with E-state index in [4.69, 9.17) is 4.74 Å². The van der Waals surface area contributed by atoms with Crippen molar-refractivity contribution in [1.82, 2.24) is 10.3 Å². The third-order valence-electron chi connectivity index (χ3n) is 4.07. The van der Waals surface area contributed by atoms with Crippen LogP contribution in [0.3, 0.4) is 0 Å². The highest BCUT2D eigenvalue weighted by Crippen LogP contribution is 2.28. The lowest BCUT2D eigenvalue weighted by Gasteiger charge is -2.08. The van der Waals surface area contributed by atoms with E-state index in [0.29, 0.717) is 17.1 Å². The van der Waals surface area contributed by atoms with Gasteiger partial charge in [0.15, 0.2) is 6.61 Å². The van der Waals surface area contributed by atoms with E-state index in [2.05, 4.69) is 10.3 Å². The molecule has 6 heteroatoms. The average molecular weight is 380 g/mol. The van der Waals surface area contributed by atoms with Crippen LogP contribution in [-0.2, 0) is 16.1 Å². The molecular formula is C21H20N2O3S. The molecule has 1 aromatic heterocycles. The van der Waals surface area contributed by atoms with E-state index in [1.165, 1.54) is 11.3 Å². The molecule has 0 aliphatic rings. The number of ether oxygens (including phenoxy) is 1. The molecule has 0 fully saturated rings. The molecule has 1 N–H and O–H groups in total. The summed E-state index contributed by atoms with van der Waals surface area (Å²) in [5.74, 6) is -0.865. The maximum absolute atomic E-state index is 12.3. The van der Waals surface area contributed by atoms with E-state index in [-0.39, 0.29) is 12.5 Å². The zero-order valence-electron chi connectivity index (χ0n) is 15.2. The zero-order chi connectivity index (χ0) is 19.2. The minimum atomic E-state index is -0.529. The predicted molar refractivity (Wildman–Crippen MR) is 106 cm³/mol. The van der Waals surface area contributed by atoms with Gasteiger partial charge in [-0.05, 0) is 25.0 Å². The third-order valence-corrected chi connectivity index (χ3v) is 5.26. The molecule has 5 nitrogen and oxygen atoms in total. The Morgan fingerprint density at radius 1 is 1.04 bits per heavy atom. The number of thiazole rings is 1. The van der Waals surface area contributed by atoms with Gasteiger partial charge in [0.1, 0.15) is 9.88 Å². The van der Waals surface area contributed by atoms with Crippen LogP contribution in [0.2, 0.25) is 0 Å². The molecule has 138 valence electrons. The number of nitrogens with one attached hydrogen (secondary N) is 1. The summed E-state index contributed by atoms with van der Waals surface area (Å²) in [6, 6.07) is 17.4. The van der Waals surface area contributed by atoms with Crippen LogP contribution in [0.4, 0.5) is 0 Å². The molecule has 3 rings (SSSR count). The van der Waals surface area contributed by atoms with E-state index >= 15 is 0 Å². The number of hydrogen-bond acceptors (Lipinski definition) is 5. The SMILES string of the molecule is Cc1ccccc1CNC(=O)COC(=O)c1sc(-c2ccccc2)nc1C. The fourth-order valence-corrected chi connectivity index (χ4v) is 3.51. The van der Waals surface area contributed by atoms with Gasteiger partial charge in [0.25, 0.3) is 5.91 Å². The highest BCUT2D eigenvalue weighted by atomic mass is 32.1. The quantitative estimate of drug-likeness (QED) is 0.659. The van der Waals surface area contributed by atoms with Crippen LogP contribution in [0.1, 0.15) is 26.5 Å². The summed E-state index contributed by atoms with van der Waals surface area (Å²) in [6.45, 7) is 3.83. The zero-order valence-corrected chi connectivity index (χ0v) is 16.0. The number of nitrogens with zero attached hydrogens (tertiary/aromatic N) is 1. The van der Waals surface area contributed by atoms with Gasteiger partial charge in [-0.25, -0.2) is 9.78 Å². The number of esters is 1. The van der Waals surface area contributed by atoms with Gasteiger partial charge in [-0.1, -0.05) is 54.6 Å². The molecule has 2 aromatic carbocycles. The summed E-state index contributed by atoms with van der Waals surface area (Å²) in [7, 11) is 0. The van der Waals surface area contributed by atoms with Gasteiger partial charge >= 0.3 is 5.97 Å². The van der Waals surface area contributed by atoms with Gasteiger partial charge in [-0.15, -0.1) is 11.3 Å². The van der Waals surface area contributed by atoms with E-state index < -0.39 is 5.97 Å². The fraction of sp³-hybridized carbons (Fsp3) is 0.190. The average Bonchev–Trinajstić information content (AvgIpc) is 3.08. The number of hydrogen-bond donors (Lipinski definition) is 1. The summed E-state index contributed by atoms with van der Waals surface area (Å²) in [5, 5.41) is 3.52. The van der Waals surface area contributed by atoms with E-state index in [0.717, 1.165) is 21.7 Å². The first-order valence-corrected chi connectivity index (χ1v) is 9.37. The van der Waals surface area contributed by atoms with Crippen LogP contribution < -0.4 is 5.32 Å². The van der Waals surface area contributed by atoms with Gasteiger partial charge < -0.3 is 10.1 Å². The van der Waals surface area contributed by atoms with Crippen molar-refractivity contribution in [3.8, 4) is 10.6 Å². The molecule has 3 aromatic rings. The maximum Gasteiger partial charge on any atom is 0.350 e. The Balaban J connectivity index is 1.55. The Bertz CT molecular complexity index is 951. The van der Waals surface area contributed by atoms with Crippen molar-refractivity contribution in [2.24, 2.45) is 0 Å². The first kappa shape index (κ1) is 18.8. The monoisotopic (exact) mass is 380 g/mol. The van der Waals surface area contributed by atoms with Gasteiger partial charge in [0.2, 0.25) is 0 Å². The molecule has 0 saturated heterocycles. The van der Waals surface area contributed by atoms with Crippen LogP contribution in [-0.4, -0.2) is 23.5 Å². The van der Waals surface area contributed by atoms with Gasteiger partial charge in [-0.2, -0.15) is 0 Å². The second-order valence-electron chi connectivity index (χ2n) is 6.08. The highest BCUT2D eigenvalue weighted by Gasteiger charge is 2.18. The smallest absolute Gasteiger partial charge is 0.350 e. The maximum atomic E-state index is 12.3. The highest BCUT2D eigenvalue weighted by molar-refractivity contribution is 7.17. The molecule has 27 heavy (non-hydrogen) atoms. The normalized spacial score (nSPS) is 10.4. The van der Waals surface area contributed by atoms with Crippen LogP contribution in [0.15, 0.2) is 54.6 Å². The molecule has 0 radical (unpaired) electrons. The lowest BCUT2D eigenvalue weighted by Crippen LogP contribution is -2.28. The molecule has 0 atom stereocenters. The summed E-state index contributed by atoms with van der Waals surface area (Å²) in [6.07, 6.45) is 0. The molecule has 1 heterocycles. The minimum Gasteiger partial charge on any atom is -0.451 e. The molecule has 1 amide bonds. The predicted octanol–water partition coefficient (Wildman–Crippen LogP) is 3.90.